The fraction of sp³-hybridized carbons (Fsp3) is 0.286. The lowest BCUT2D eigenvalue weighted by molar-refractivity contribution is 0.799. The van der Waals surface area contributed by atoms with Crippen molar-refractivity contribution in [2.75, 3.05) is 0 Å². The topological polar surface area (TPSA) is 34.9 Å². The van der Waals surface area contributed by atoms with Crippen LogP contribution >= 0.6 is 34.2 Å². The van der Waals surface area contributed by atoms with Crippen LogP contribution in [0.5, 0.6) is 0 Å². The summed E-state index contributed by atoms with van der Waals surface area (Å²) in [4.78, 5) is 16.8. The minimum absolute atomic E-state index is 0.127. The molecule has 19 heavy (non-hydrogen) atoms. The molecule has 0 unspecified atom stereocenters. The Bertz CT molecular complexity index is 724. The highest BCUT2D eigenvalue weighted by molar-refractivity contribution is 14.1. The van der Waals surface area contributed by atoms with Gasteiger partial charge in [-0.15, -0.1) is 0 Å². The van der Waals surface area contributed by atoms with E-state index in [1.165, 1.54) is 0 Å². The first-order valence-corrected chi connectivity index (χ1v) is 7.59. The zero-order valence-corrected chi connectivity index (χ0v) is 13.3. The number of aryl methyl sites for hydroxylation is 3. The number of nitrogens with zero attached hydrogens (tertiary/aromatic N) is 2. The minimum atomic E-state index is -0.127. The molecule has 3 nitrogen and oxygen atoms in total. The van der Waals surface area contributed by atoms with Gasteiger partial charge in [0, 0.05) is 21.2 Å². The third-order valence-corrected chi connectivity index (χ3v) is 4.93. The van der Waals surface area contributed by atoms with Gasteiger partial charge < -0.3 is 0 Å². The lowest BCUT2D eigenvalue weighted by Gasteiger charge is -2.14. The lowest BCUT2D eigenvalue weighted by Crippen LogP contribution is -2.23. The Hall–Kier alpha value is -0.880. The van der Waals surface area contributed by atoms with Crippen molar-refractivity contribution >= 4 is 34.2 Å². The Kier molecular flexibility index (Phi) is 3.39. The smallest absolute Gasteiger partial charge is 0.275 e. The van der Waals surface area contributed by atoms with Crippen LogP contribution in [0.1, 0.15) is 23.4 Å². The maximum Gasteiger partial charge on any atom is 0.275 e. The molecule has 3 heterocycles. The first-order chi connectivity index (χ1) is 9.08. The van der Waals surface area contributed by atoms with Crippen molar-refractivity contribution in [1.82, 2.24) is 9.55 Å². The van der Waals surface area contributed by atoms with E-state index >= 15 is 0 Å². The molecule has 3 rings (SSSR count). The maximum atomic E-state index is 12.5. The molecule has 0 saturated heterocycles. The van der Waals surface area contributed by atoms with E-state index in [4.69, 9.17) is 11.6 Å². The highest BCUT2D eigenvalue weighted by atomic mass is 127. The van der Waals surface area contributed by atoms with Gasteiger partial charge in [-0.1, -0.05) is 11.6 Å². The van der Waals surface area contributed by atoms with Crippen LogP contribution in [0.15, 0.2) is 23.1 Å². The summed E-state index contributed by atoms with van der Waals surface area (Å²) >= 11 is 8.24. The predicted octanol–water partition coefficient (Wildman–Crippen LogP) is 3.29. The molecule has 2 aromatic heterocycles. The van der Waals surface area contributed by atoms with Crippen LogP contribution in [0.4, 0.5) is 0 Å². The van der Waals surface area contributed by atoms with Gasteiger partial charge in [-0.3, -0.25) is 14.3 Å². The van der Waals surface area contributed by atoms with Gasteiger partial charge in [0.25, 0.3) is 5.56 Å². The van der Waals surface area contributed by atoms with Crippen LogP contribution in [-0.4, -0.2) is 9.55 Å². The van der Waals surface area contributed by atoms with Crippen molar-refractivity contribution in [3.05, 3.63) is 54.2 Å². The van der Waals surface area contributed by atoms with Gasteiger partial charge in [-0.05, 0) is 66.5 Å². The van der Waals surface area contributed by atoms with Crippen molar-refractivity contribution in [2.24, 2.45) is 0 Å². The molecule has 0 bridgehead atoms. The predicted molar refractivity (Wildman–Crippen MR) is 84.3 cm³/mol. The van der Waals surface area contributed by atoms with Gasteiger partial charge >= 0.3 is 0 Å². The summed E-state index contributed by atoms with van der Waals surface area (Å²) in [7, 11) is 0. The van der Waals surface area contributed by atoms with Gasteiger partial charge in [-0.2, -0.15) is 0 Å². The summed E-state index contributed by atoms with van der Waals surface area (Å²) in [6, 6.07) is 3.98. The van der Waals surface area contributed by atoms with Crippen molar-refractivity contribution in [2.45, 2.75) is 26.2 Å². The summed E-state index contributed by atoms with van der Waals surface area (Å²) in [5.74, 6) is 0. The summed E-state index contributed by atoms with van der Waals surface area (Å²) in [6.07, 6.45) is 4.72. The van der Waals surface area contributed by atoms with Gasteiger partial charge in [-0.25, -0.2) is 0 Å². The highest BCUT2D eigenvalue weighted by Crippen LogP contribution is 2.25. The number of fused-ring (bicyclic) bond motifs is 3. The molecule has 1 aliphatic heterocycles. The van der Waals surface area contributed by atoms with E-state index in [-0.39, 0.29) is 5.56 Å². The fourth-order valence-electron chi connectivity index (χ4n) is 2.49. The first kappa shape index (κ1) is 13.1. The van der Waals surface area contributed by atoms with Crippen molar-refractivity contribution < 1.29 is 0 Å². The van der Waals surface area contributed by atoms with E-state index in [1.807, 2.05) is 25.3 Å². The molecule has 0 saturated carbocycles. The summed E-state index contributed by atoms with van der Waals surface area (Å²) in [6.45, 7) is 1.93. The molecular weight excluding hydrogens is 375 g/mol. The molecule has 0 fully saturated rings. The summed E-state index contributed by atoms with van der Waals surface area (Å²) in [5.41, 5.74) is 3.86. The standard InChI is InChI=1S/C14H12ClIN2O/c1-8-5-12-9(7-17-8)3-2-4-10-6-11(16)13(15)14(19)18(10)12/h5-7H,2-4H2,1H3. The number of aromatic nitrogens is 2. The van der Waals surface area contributed by atoms with Crippen molar-refractivity contribution in [3.8, 4) is 5.69 Å². The molecular formula is C14H12ClIN2O. The van der Waals surface area contributed by atoms with Gasteiger partial charge in [0.2, 0.25) is 0 Å². The monoisotopic (exact) mass is 386 g/mol. The normalized spacial score (nSPS) is 13.6. The second-order valence-electron chi connectivity index (χ2n) is 4.75. The third-order valence-electron chi connectivity index (χ3n) is 3.40. The molecule has 1 aliphatic rings. The second-order valence-corrected chi connectivity index (χ2v) is 6.29. The van der Waals surface area contributed by atoms with Gasteiger partial charge in [0.15, 0.2) is 0 Å². The maximum absolute atomic E-state index is 12.5. The summed E-state index contributed by atoms with van der Waals surface area (Å²) < 4.78 is 2.58. The Morgan fingerprint density at radius 1 is 1.37 bits per heavy atom. The number of hydrogen-bond acceptors (Lipinski definition) is 2. The molecule has 0 amide bonds. The number of hydrogen-bond donors (Lipinski definition) is 0. The van der Waals surface area contributed by atoms with Crippen molar-refractivity contribution in [3.63, 3.8) is 0 Å². The second kappa shape index (κ2) is 4.90. The van der Waals surface area contributed by atoms with Crippen molar-refractivity contribution in [1.29, 1.82) is 0 Å². The van der Waals surface area contributed by atoms with E-state index < -0.39 is 0 Å². The van der Waals surface area contributed by atoms with Crippen LogP contribution in [0.3, 0.4) is 0 Å². The SMILES string of the molecule is Cc1cc2c(cn1)CCCc1cc(I)c(Cl)c(=O)n1-2. The molecule has 0 radical (unpaired) electrons. The summed E-state index contributed by atoms with van der Waals surface area (Å²) in [5, 5.41) is 0.298. The number of halogens is 2. The fourth-order valence-corrected chi connectivity index (χ4v) is 3.22. The van der Waals surface area contributed by atoms with E-state index in [0.29, 0.717) is 5.02 Å². The van der Waals surface area contributed by atoms with Crippen LogP contribution in [0.25, 0.3) is 5.69 Å². The molecule has 0 aromatic carbocycles. The van der Waals surface area contributed by atoms with Crippen LogP contribution in [0.2, 0.25) is 5.02 Å². The van der Waals surface area contributed by atoms with Gasteiger partial charge in [0.1, 0.15) is 5.02 Å². The molecule has 0 N–H and O–H groups in total. The molecule has 2 aromatic rings. The Balaban J connectivity index is 2.40. The van der Waals surface area contributed by atoms with E-state index in [0.717, 1.165) is 45.5 Å². The molecule has 0 atom stereocenters. The number of rotatable bonds is 0. The third kappa shape index (κ3) is 2.21. The first-order valence-electron chi connectivity index (χ1n) is 6.14. The largest absolute Gasteiger partial charge is 0.280 e. The minimum Gasteiger partial charge on any atom is -0.280 e. The van der Waals surface area contributed by atoms with Crippen LogP contribution < -0.4 is 5.56 Å². The number of pyridine rings is 2. The highest BCUT2D eigenvalue weighted by Gasteiger charge is 2.19. The zero-order chi connectivity index (χ0) is 13.6. The average Bonchev–Trinajstić information content (AvgIpc) is 2.55. The molecule has 0 aliphatic carbocycles. The molecule has 0 spiro atoms. The van der Waals surface area contributed by atoms with Crippen LogP contribution in [-0.2, 0) is 12.8 Å². The average molecular weight is 387 g/mol. The van der Waals surface area contributed by atoms with E-state index in [1.54, 1.807) is 4.57 Å². The van der Waals surface area contributed by atoms with E-state index in [2.05, 4.69) is 27.6 Å². The lowest BCUT2D eigenvalue weighted by atomic mass is 10.1. The zero-order valence-electron chi connectivity index (χ0n) is 10.4. The van der Waals surface area contributed by atoms with Crippen LogP contribution in [0, 0.1) is 10.5 Å². The van der Waals surface area contributed by atoms with Gasteiger partial charge in [0.05, 0.1) is 5.69 Å². The Morgan fingerprint density at radius 3 is 2.95 bits per heavy atom. The Morgan fingerprint density at radius 2 is 2.16 bits per heavy atom. The quantitative estimate of drug-likeness (QED) is 0.651. The van der Waals surface area contributed by atoms with E-state index in [9.17, 15) is 4.79 Å². The Labute approximate surface area is 129 Å². The molecule has 5 heteroatoms. The molecule has 98 valence electrons.